The van der Waals surface area contributed by atoms with Gasteiger partial charge in [0.15, 0.2) is 0 Å². The molecular weight excluding hydrogens is 358 g/mol. The first-order valence-corrected chi connectivity index (χ1v) is 9.18. The van der Waals surface area contributed by atoms with E-state index in [0.717, 1.165) is 12.8 Å². The van der Waals surface area contributed by atoms with Gasteiger partial charge in [0, 0.05) is 12.1 Å². The lowest BCUT2D eigenvalue weighted by Gasteiger charge is -2.42. The number of urea groups is 1. The molecule has 1 fully saturated rings. The number of para-hydroxylation sites is 1. The standard InChI is InChI=1S/C18H26ClN3O4/c1-3-22(11-17(23)24)14-8-13(9-14)21-18(25)20-10-12(2)26-16-7-5-4-6-15(16)19/h4-7,12-14H,3,8-11H2,1-2H3,(H,23,24)(H2,20,21,25). The highest BCUT2D eigenvalue weighted by Crippen LogP contribution is 2.26. The number of benzene rings is 1. The van der Waals surface area contributed by atoms with Crippen molar-refractivity contribution in [2.45, 2.75) is 44.9 Å². The number of nitrogens with zero attached hydrogens (tertiary/aromatic N) is 1. The quantitative estimate of drug-likeness (QED) is 0.609. The SMILES string of the molecule is CCN(CC(=O)O)C1CC(NC(=O)NCC(C)Oc2ccccc2Cl)C1. The van der Waals surface area contributed by atoms with E-state index in [0.29, 0.717) is 23.9 Å². The van der Waals surface area contributed by atoms with Gasteiger partial charge in [-0.05, 0) is 38.4 Å². The third-order valence-corrected chi connectivity index (χ3v) is 4.74. The number of amides is 2. The first-order valence-electron chi connectivity index (χ1n) is 8.80. The molecule has 0 spiro atoms. The van der Waals surface area contributed by atoms with E-state index < -0.39 is 5.97 Å². The fourth-order valence-corrected chi connectivity index (χ4v) is 3.13. The third kappa shape index (κ3) is 6.07. The molecule has 144 valence electrons. The molecule has 1 aromatic rings. The number of carbonyl (C=O) groups is 2. The van der Waals surface area contributed by atoms with E-state index in [1.807, 2.05) is 30.9 Å². The predicted octanol–water partition coefficient (Wildman–Crippen LogP) is 2.34. The number of rotatable bonds is 9. The molecule has 26 heavy (non-hydrogen) atoms. The molecule has 8 heteroatoms. The van der Waals surface area contributed by atoms with Gasteiger partial charge in [-0.15, -0.1) is 0 Å². The Bertz CT molecular complexity index is 622. The number of carboxylic acids is 1. The van der Waals surface area contributed by atoms with Gasteiger partial charge in [0.2, 0.25) is 0 Å². The molecule has 0 aliphatic heterocycles. The fraction of sp³-hybridized carbons (Fsp3) is 0.556. The zero-order valence-corrected chi connectivity index (χ0v) is 15.8. The molecule has 1 aromatic carbocycles. The molecule has 2 rings (SSSR count). The maximum Gasteiger partial charge on any atom is 0.317 e. The molecule has 1 aliphatic rings. The van der Waals surface area contributed by atoms with Crippen LogP contribution in [-0.2, 0) is 4.79 Å². The smallest absolute Gasteiger partial charge is 0.317 e. The van der Waals surface area contributed by atoms with Gasteiger partial charge in [-0.3, -0.25) is 9.69 Å². The Kier molecular flexibility index (Phi) is 7.53. The van der Waals surface area contributed by atoms with E-state index in [9.17, 15) is 9.59 Å². The Hall–Kier alpha value is -1.99. The Balaban J connectivity index is 1.65. The van der Waals surface area contributed by atoms with Crippen LogP contribution in [0.1, 0.15) is 26.7 Å². The van der Waals surface area contributed by atoms with Crippen molar-refractivity contribution in [1.82, 2.24) is 15.5 Å². The van der Waals surface area contributed by atoms with Gasteiger partial charge in [0.05, 0.1) is 18.1 Å². The summed E-state index contributed by atoms with van der Waals surface area (Å²) in [7, 11) is 0. The van der Waals surface area contributed by atoms with Crippen molar-refractivity contribution in [3.8, 4) is 5.75 Å². The van der Waals surface area contributed by atoms with E-state index in [2.05, 4.69) is 10.6 Å². The van der Waals surface area contributed by atoms with Gasteiger partial charge in [0.1, 0.15) is 11.9 Å². The lowest BCUT2D eigenvalue weighted by Crippen LogP contribution is -2.56. The zero-order chi connectivity index (χ0) is 19.1. The highest BCUT2D eigenvalue weighted by atomic mass is 35.5. The van der Waals surface area contributed by atoms with E-state index in [1.165, 1.54) is 0 Å². The van der Waals surface area contributed by atoms with Crippen LogP contribution in [0.5, 0.6) is 5.75 Å². The number of carbonyl (C=O) groups excluding carboxylic acids is 1. The first-order chi connectivity index (χ1) is 12.4. The molecule has 0 saturated heterocycles. The van der Waals surface area contributed by atoms with Crippen molar-refractivity contribution in [3.05, 3.63) is 29.3 Å². The van der Waals surface area contributed by atoms with E-state index in [4.69, 9.17) is 21.4 Å². The minimum absolute atomic E-state index is 0.0387. The van der Waals surface area contributed by atoms with Crippen molar-refractivity contribution in [1.29, 1.82) is 0 Å². The molecule has 1 atom stereocenters. The minimum Gasteiger partial charge on any atom is -0.487 e. The summed E-state index contributed by atoms with van der Waals surface area (Å²) in [5.41, 5.74) is 0. The molecule has 0 aromatic heterocycles. The largest absolute Gasteiger partial charge is 0.487 e. The molecule has 2 amide bonds. The number of halogens is 1. The summed E-state index contributed by atoms with van der Waals surface area (Å²) >= 11 is 6.04. The highest BCUT2D eigenvalue weighted by molar-refractivity contribution is 6.32. The van der Waals surface area contributed by atoms with Crippen LogP contribution >= 0.6 is 11.6 Å². The van der Waals surface area contributed by atoms with E-state index >= 15 is 0 Å². The molecule has 0 radical (unpaired) electrons. The Morgan fingerprint density at radius 2 is 2.08 bits per heavy atom. The second kappa shape index (κ2) is 9.64. The molecule has 1 aliphatic carbocycles. The lowest BCUT2D eigenvalue weighted by molar-refractivity contribution is -0.139. The monoisotopic (exact) mass is 383 g/mol. The molecular formula is C18H26ClN3O4. The van der Waals surface area contributed by atoms with Crippen LogP contribution in [0.15, 0.2) is 24.3 Å². The summed E-state index contributed by atoms with van der Waals surface area (Å²) in [6, 6.07) is 7.24. The average molecular weight is 384 g/mol. The summed E-state index contributed by atoms with van der Waals surface area (Å²) in [5.74, 6) is -0.239. The van der Waals surface area contributed by atoms with Gasteiger partial charge < -0.3 is 20.5 Å². The fourth-order valence-electron chi connectivity index (χ4n) is 2.95. The van der Waals surface area contributed by atoms with Crippen LogP contribution in [0.3, 0.4) is 0 Å². The number of nitrogens with one attached hydrogen (secondary N) is 2. The van der Waals surface area contributed by atoms with Crippen molar-refractivity contribution in [2.75, 3.05) is 19.6 Å². The summed E-state index contributed by atoms with van der Waals surface area (Å²) in [6.45, 7) is 4.88. The Morgan fingerprint density at radius 3 is 2.69 bits per heavy atom. The summed E-state index contributed by atoms with van der Waals surface area (Å²) in [4.78, 5) is 24.7. The van der Waals surface area contributed by atoms with Gasteiger partial charge >= 0.3 is 12.0 Å². The molecule has 1 saturated carbocycles. The molecule has 7 nitrogen and oxygen atoms in total. The lowest BCUT2D eigenvalue weighted by atomic mass is 9.85. The predicted molar refractivity (Wildman–Crippen MR) is 99.8 cm³/mol. The van der Waals surface area contributed by atoms with Crippen molar-refractivity contribution in [3.63, 3.8) is 0 Å². The van der Waals surface area contributed by atoms with Crippen LogP contribution in [0, 0.1) is 0 Å². The number of ether oxygens (including phenoxy) is 1. The van der Waals surface area contributed by atoms with Crippen molar-refractivity contribution < 1.29 is 19.4 Å². The molecule has 3 N–H and O–H groups in total. The van der Waals surface area contributed by atoms with Crippen LogP contribution < -0.4 is 15.4 Å². The van der Waals surface area contributed by atoms with Crippen molar-refractivity contribution in [2.24, 2.45) is 0 Å². The summed E-state index contributed by atoms with van der Waals surface area (Å²) in [6.07, 6.45) is 1.31. The Morgan fingerprint density at radius 1 is 1.38 bits per heavy atom. The third-order valence-electron chi connectivity index (χ3n) is 4.42. The second-order valence-corrected chi connectivity index (χ2v) is 6.90. The number of likely N-dealkylation sites (N-methyl/N-ethyl adjacent to an activating group) is 1. The maximum atomic E-state index is 12.0. The van der Waals surface area contributed by atoms with Crippen molar-refractivity contribution >= 4 is 23.6 Å². The van der Waals surface area contributed by atoms with Gasteiger partial charge in [-0.1, -0.05) is 30.7 Å². The van der Waals surface area contributed by atoms with E-state index in [1.54, 1.807) is 12.1 Å². The second-order valence-electron chi connectivity index (χ2n) is 6.49. The summed E-state index contributed by atoms with van der Waals surface area (Å²) in [5, 5.41) is 15.1. The normalized spacial score (nSPS) is 20.2. The van der Waals surface area contributed by atoms with Crippen LogP contribution in [0.4, 0.5) is 4.79 Å². The first kappa shape index (κ1) is 20.3. The van der Waals surface area contributed by atoms with Gasteiger partial charge in [-0.25, -0.2) is 4.79 Å². The minimum atomic E-state index is -0.825. The number of aliphatic carboxylic acids is 1. The average Bonchev–Trinajstić information content (AvgIpc) is 2.56. The number of hydrogen-bond donors (Lipinski definition) is 3. The van der Waals surface area contributed by atoms with Crippen LogP contribution in [0.2, 0.25) is 5.02 Å². The number of hydrogen-bond acceptors (Lipinski definition) is 4. The maximum absolute atomic E-state index is 12.0. The topological polar surface area (TPSA) is 90.9 Å². The molecule has 0 heterocycles. The van der Waals surface area contributed by atoms with Crippen LogP contribution in [-0.4, -0.2) is 59.8 Å². The Labute approximate surface area is 158 Å². The molecule has 1 unspecified atom stereocenters. The number of carboxylic acid groups (broad SMARTS) is 1. The van der Waals surface area contributed by atoms with E-state index in [-0.39, 0.29) is 30.8 Å². The zero-order valence-electron chi connectivity index (χ0n) is 15.1. The van der Waals surface area contributed by atoms with Crippen LogP contribution in [0.25, 0.3) is 0 Å². The highest BCUT2D eigenvalue weighted by Gasteiger charge is 2.34. The van der Waals surface area contributed by atoms with Gasteiger partial charge in [-0.2, -0.15) is 0 Å². The summed E-state index contributed by atoms with van der Waals surface area (Å²) < 4.78 is 5.70. The molecule has 0 bridgehead atoms. The van der Waals surface area contributed by atoms with Gasteiger partial charge in [0.25, 0.3) is 0 Å².